The Morgan fingerprint density at radius 1 is 1.20 bits per heavy atom. The van der Waals surface area contributed by atoms with E-state index in [9.17, 15) is 14.4 Å². The third kappa shape index (κ3) is 1.54. The quantitative estimate of drug-likeness (QED) is 0.416. The van der Waals surface area contributed by atoms with E-state index < -0.39 is 11.9 Å². The van der Waals surface area contributed by atoms with E-state index in [2.05, 4.69) is 5.32 Å². The highest BCUT2D eigenvalue weighted by Crippen LogP contribution is 1.86. The van der Waals surface area contributed by atoms with Crippen LogP contribution in [0.3, 0.4) is 0 Å². The largest absolute Gasteiger partial charge is 0.331 e. The summed E-state index contributed by atoms with van der Waals surface area (Å²) in [5, 5.41) is 4.17. The summed E-state index contributed by atoms with van der Waals surface area (Å²) < 4.78 is 0. The molecule has 0 atom stereocenters. The number of carbonyl (C=O) groups is 3. The summed E-state index contributed by atoms with van der Waals surface area (Å²) in [4.78, 5) is 31.5. The molecule has 3 amide bonds. The number of nitrogens with one attached hydrogen (secondary N) is 2. The summed E-state index contributed by atoms with van der Waals surface area (Å²) in [6.07, 6.45) is -0.210. The normalized spacial score (nSPS) is 19.4. The minimum Gasteiger partial charge on any atom is -0.331 e. The van der Waals surface area contributed by atoms with Crippen molar-refractivity contribution in [3.63, 3.8) is 0 Å². The second-order valence-electron chi connectivity index (χ2n) is 1.95. The van der Waals surface area contributed by atoms with Crippen LogP contribution in [0.2, 0.25) is 0 Å². The van der Waals surface area contributed by atoms with E-state index in [1.165, 1.54) is 0 Å². The summed E-state index contributed by atoms with van der Waals surface area (Å²) >= 11 is 0. The third-order valence-corrected chi connectivity index (χ3v) is 1.06. The first-order chi connectivity index (χ1) is 4.68. The van der Waals surface area contributed by atoms with Gasteiger partial charge in [-0.25, -0.2) is 4.79 Å². The molecule has 0 aromatic heterocycles. The number of ketones is 1. The second kappa shape index (κ2) is 2.47. The Morgan fingerprint density at radius 2 is 1.90 bits per heavy atom. The number of imide groups is 1. The molecule has 1 saturated heterocycles. The Kier molecular flexibility index (Phi) is 1.66. The lowest BCUT2D eigenvalue weighted by molar-refractivity contribution is -0.126. The number of Topliss-reactive ketones (excluding diaryl/α,β-unsaturated/α-hetero) is 1. The van der Waals surface area contributed by atoms with Gasteiger partial charge in [0, 0.05) is 0 Å². The molecule has 1 rings (SSSR count). The van der Waals surface area contributed by atoms with E-state index >= 15 is 0 Å². The molecule has 1 aliphatic heterocycles. The average Bonchev–Trinajstić information content (AvgIpc) is 1.93. The first-order valence-electron chi connectivity index (χ1n) is 2.78. The van der Waals surface area contributed by atoms with Crippen LogP contribution in [-0.2, 0) is 9.59 Å². The van der Waals surface area contributed by atoms with Crippen LogP contribution < -0.4 is 10.6 Å². The van der Waals surface area contributed by atoms with Crippen LogP contribution in [0, 0.1) is 0 Å². The molecule has 0 saturated carbocycles. The van der Waals surface area contributed by atoms with Crippen molar-refractivity contribution in [1.82, 2.24) is 10.6 Å². The van der Waals surface area contributed by atoms with Crippen molar-refractivity contribution in [2.75, 3.05) is 6.54 Å². The van der Waals surface area contributed by atoms with E-state index in [-0.39, 0.29) is 18.7 Å². The van der Waals surface area contributed by atoms with Crippen LogP contribution >= 0.6 is 0 Å². The van der Waals surface area contributed by atoms with Crippen molar-refractivity contribution in [3.8, 4) is 0 Å². The van der Waals surface area contributed by atoms with Gasteiger partial charge < -0.3 is 5.32 Å². The molecule has 1 fully saturated rings. The molecule has 0 radical (unpaired) electrons. The molecule has 0 spiro atoms. The fraction of sp³-hybridized carbons (Fsp3) is 0.400. The summed E-state index contributed by atoms with van der Waals surface area (Å²) in [6, 6.07) is -0.601. The predicted molar refractivity (Wildman–Crippen MR) is 31.2 cm³/mol. The number of rotatable bonds is 0. The molecule has 54 valence electrons. The zero-order valence-corrected chi connectivity index (χ0v) is 5.14. The van der Waals surface area contributed by atoms with Crippen LogP contribution in [0.4, 0.5) is 4.79 Å². The Morgan fingerprint density at radius 3 is 2.60 bits per heavy atom. The summed E-state index contributed by atoms with van der Waals surface area (Å²) in [7, 11) is 0. The third-order valence-electron chi connectivity index (χ3n) is 1.06. The van der Waals surface area contributed by atoms with Gasteiger partial charge in [0.15, 0.2) is 5.78 Å². The van der Waals surface area contributed by atoms with E-state index in [0.29, 0.717) is 0 Å². The molecule has 0 bridgehead atoms. The number of amides is 3. The van der Waals surface area contributed by atoms with Gasteiger partial charge in [0.2, 0.25) is 5.91 Å². The highest BCUT2D eigenvalue weighted by Gasteiger charge is 2.17. The summed E-state index contributed by atoms with van der Waals surface area (Å²) in [5.41, 5.74) is 0. The van der Waals surface area contributed by atoms with Gasteiger partial charge in [0.25, 0.3) is 0 Å². The molecule has 1 heterocycles. The second-order valence-corrected chi connectivity index (χ2v) is 1.95. The fourth-order valence-corrected chi connectivity index (χ4v) is 0.635. The van der Waals surface area contributed by atoms with Crippen LogP contribution in [0.25, 0.3) is 0 Å². The zero-order chi connectivity index (χ0) is 7.56. The standard InChI is InChI=1S/C5H6N2O3/c8-3-1-4(9)7-5(10)6-2-3/h1-2H2,(H2,6,7,9,10). The van der Waals surface area contributed by atoms with E-state index in [1.54, 1.807) is 0 Å². The van der Waals surface area contributed by atoms with E-state index in [1.807, 2.05) is 5.32 Å². The molecule has 2 N–H and O–H groups in total. The molecule has 0 aromatic rings. The SMILES string of the molecule is O=C1CNC(=O)NC(=O)C1. The molecule has 10 heavy (non-hydrogen) atoms. The zero-order valence-electron chi connectivity index (χ0n) is 5.14. The Bertz CT molecular complexity index is 179. The van der Waals surface area contributed by atoms with Crippen LogP contribution in [0.15, 0.2) is 0 Å². The Hall–Kier alpha value is -1.39. The van der Waals surface area contributed by atoms with Gasteiger partial charge in [-0.1, -0.05) is 0 Å². The van der Waals surface area contributed by atoms with Gasteiger partial charge in [-0.2, -0.15) is 0 Å². The molecule has 5 nitrogen and oxygen atoms in total. The number of urea groups is 1. The maximum Gasteiger partial charge on any atom is 0.321 e. The molecule has 0 aromatic carbocycles. The summed E-state index contributed by atoms with van der Waals surface area (Å²) in [6.45, 7) is -0.0580. The fourth-order valence-electron chi connectivity index (χ4n) is 0.635. The van der Waals surface area contributed by atoms with Gasteiger partial charge in [0.05, 0.1) is 13.0 Å². The number of hydrogen-bond acceptors (Lipinski definition) is 3. The maximum atomic E-state index is 10.6. The summed E-state index contributed by atoms with van der Waals surface area (Å²) in [5.74, 6) is -0.816. The average molecular weight is 142 g/mol. The minimum atomic E-state index is -0.601. The monoisotopic (exact) mass is 142 g/mol. The highest BCUT2D eigenvalue weighted by molar-refractivity contribution is 6.08. The van der Waals surface area contributed by atoms with Crippen molar-refractivity contribution >= 4 is 17.7 Å². The van der Waals surface area contributed by atoms with Crippen molar-refractivity contribution in [3.05, 3.63) is 0 Å². The van der Waals surface area contributed by atoms with E-state index in [4.69, 9.17) is 0 Å². The van der Waals surface area contributed by atoms with Crippen LogP contribution in [-0.4, -0.2) is 24.3 Å². The smallest absolute Gasteiger partial charge is 0.321 e. The highest BCUT2D eigenvalue weighted by atomic mass is 16.2. The molecule has 0 unspecified atom stereocenters. The first-order valence-corrected chi connectivity index (χ1v) is 2.78. The Labute approximate surface area is 56.8 Å². The van der Waals surface area contributed by atoms with E-state index in [0.717, 1.165) is 0 Å². The molecular weight excluding hydrogens is 136 g/mol. The Balaban J connectivity index is 2.63. The lowest BCUT2D eigenvalue weighted by Crippen LogP contribution is -2.36. The minimum absolute atomic E-state index is 0.0580. The maximum absolute atomic E-state index is 10.6. The van der Waals surface area contributed by atoms with Gasteiger partial charge in [-0.15, -0.1) is 0 Å². The van der Waals surface area contributed by atoms with Crippen molar-refractivity contribution in [2.24, 2.45) is 0 Å². The molecule has 1 aliphatic rings. The van der Waals surface area contributed by atoms with Crippen molar-refractivity contribution < 1.29 is 14.4 Å². The van der Waals surface area contributed by atoms with Crippen LogP contribution in [0.5, 0.6) is 0 Å². The predicted octanol–water partition coefficient (Wildman–Crippen LogP) is -1.22. The molecular formula is C5H6N2O3. The number of carbonyl (C=O) groups excluding carboxylic acids is 3. The van der Waals surface area contributed by atoms with Crippen molar-refractivity contribution in [2.45, 2.75) is 6.42 Å². The first kappa shape index (κ1) is 6.73. The lowest BCUT2D eigenvalue weighted by atomic mass is 10.3. The topological polar surface area (TPSA) is 75.3 Å². The molecule has 0 aliphatic carbocycles. The van der Waals surface area contributed by atoms with Crippen molar-refractivity contribution in [1.29, 1.82) is 0 Å². The van der Waals surface area contributed by atoms with Gasteiger partial charge in [-0.05, 0) is 0 Å². The van der Waals surface area contributed by atoms with Gasteiger partial charge in [-0.3, -0.25) is 14.9 Å². The van der Waals surface area contributed by atoms with Gasteiger partial charge >= 0.3 is 6.03 Å². The number of hydrogen-bond donors (Lipinski definition) is 2. The molecule has 5 heteroatoms. The van der Waals surface area contributed by atoms with Crippen LogP contribution in [0.1, 0.15) is 6.42 Å². The van der Waals surface area contributed by atoms with Gasteiger partial charge in [0.1, 0.15) is 0 Å². The lowest BCUT2D eigenvalue weighted by Gasteiger charge is -1.94.